The number of esters is 1. The van der Waals surface area contributed by atoms with Crippen molar-refractivity contribution in [1.82, 2.24) is 19.4 Å². The second kappa shape index (κ2) is 10.1. The molecule has 34 heavy (non-hydrogen) atoms. The van der Waals surface area contributed by atoms with Crippen LogP contribution in [0.5, 0.6) is 0 Å². The summed E-state index contributed by atoms with van der Waals surface area (Å²) in [6.45, 7) is 6.49. The molecule has 176 valence electrons. The molecule has 3 aromatic heterocycles. The van der Waals surface area contributed by atoms with Gasteiger partial charge in [0.15, 0.2) is 0 Å². The molecule has 4 heterocycles. The first-order chi connectivity index (χ1) is 16.6. The van der Waals surface area contributed by atoms with Gasteiger partial charge in [-0.05, 0) is 60.6 Å². The van der Waals surface area contributed by atoms with Crippen molar-refractivity contribution in [2.24, 2.45) is 0 Å². The minimum atomic E-state index is -0.316. The zero-order valence-electron chi connectivity index (χ0n) is 19.7. The van der Waals surface area contributed by atoms with Gasteiger partial charge in [0.25, 0.3) is 0 Å². The van der Waals surface area contributed by atoms with Crippen LogP contribution in [0.4, 0.5) is 0 Å². The van der Waals surface area contributed by atoms with E-state index in [1.807, 2.05) is 24.5 Å². The molecular formula is C27H30N4O2S. The molecule has 0 spiro atoms. The smallest absolute Gasteiger partial charge is 0.338 e. The lowest BCUT2D eigenvalue weighted by Crippen LogP contribution is -2.44. The highest BCUT2D eigenvalue weighted by Gasteiger charge is 2.20. The third-order valence-electron chi connectivity index (χ3n) is 6.68. The van der Waals surface area contributed by atoms with Gasteiger partial charge in [0.1, 0.15) is 0 Å². The minimum Gasteiger partial charge on any atom is -0.465 e. The lowest BCUT2D eigenvalue weighted by atomic mass is 10.00. The number of likely N-dealkylation sites (N-methyl/N-ethyl adjacent to an activating group) is 1. The second-order valence-corrected chi connectivity index (χ2v) is 9.68. The van der Waals surface area contributed by atoms with Crippen LogP contribution in [-0.4, -0.2) is 72.2 Å². The summed E-state index contributed by atoms with van der Waals surface area (Å²) in [5.41, 5.74) is 5.89. The van der Waals surface area contributed by atoms with Crippen LogP contribution >= 0.6 is 11.3 Å². The molecule has 0 unspecified atom stereocenters. The van der Waals surface area contributed by atoms with E-state index in [1.54, 1.807) is 11.3 Å². The average molecular weight is 475 g/mol. The molecule has 0 aliphatic carbocycles. The molecule has 1 aliphatic heterocycles. The van der Waals surface area contributed by atoms with Crippen LogP contribution in [0.2, 0.25) is 0 Å². The Morgan fingerprint density at radius 2 is 1.88 bits per heavy atom. The average Bonchev–Trinajstić information content (AvgIpc) is 3.54. The molecule has 7 heteroatoms. The number of carbonyl (C=O) groups excluding carboxylic acids is 1. The first kappa shape index (κ1) is 22.8. The number of rotatable bonds is 7. The van der Waals surface area contributed by atoms with Crippen molar-refractivity contribution in [1.29, 1.82) is 0 Å². The minimum absolute atomic E-state index is 0.316. The van der Waals surface area contributed by atoms with Crippen LogP contribution in [0.25, 0.3) is 33.2 Å². The van der Waals surface area contributed by atoms with E-state index in [4.69, 9.17) is 4.74 Å². The van der Waals surface area contributed by atoms with Crippen molar-refractivity contribution in [2.45, 2.75) is 13.0 Å². The summed E-state index contributed by atoms with van der Waals surface area (Å²) in [5, 5.41) is 5.13. The Balaban J connectivity index is 1.50. The van der Waals surface area contributed by atoms with Crippen molar-refractivity contribution < 1.29 is 9.53 Å². The van der Waals surface area contributed by atoms with Crippen LogP contribution in [0.15, 0.2) is 59.7 Å². The number of piperazine rings is 1. The molecule has 4 aromatic rings. The molecular weight excluding hydrogens is 444 g/mol. The molecule has 6 nitrogen and oxygen atoms in total. The van der Waals surface area contributed by atoms with Crippen LogP contribution in [0.1, 0.15) is 16.8 Å². The molecule has 1 saturated heterocycles. The third kappa shape index (κ3) is 4.64. The van der Waals surface area contributed by atoms with E-state index >= 15 is 0 Å². The van der Waals surface area contributed by atoms with E-state index in [0.717, 1.165) is 78.8 Å². The van der Waals surface area contributed by atoms with E-state index in [1.165, 1.54) is 7.11 Å². The number of nitrogens with zero attached hydrogens (tertiary/aromatic N) is 4. The molecule has 1 fully saturated rings. The summed E-state index contributed by atoms with van der Waals surface area (Å²) in [6.07, 6.45) is 7.01. The van der Waals surface area contributed by atoms with E-state index in [2.05, 4.69) is 61.6 Å². The van der Waals surface area contributed by atoms with Crippen molar-refractivity contribution in [2.75, 3.05) is 46.9 Å². The number of thiophene rings is 1. The predicted octanol–water partition coefficient (Wildman–Crippen LogP) is 4.86. The van der Waals surface area contributed by atoms with E-state index in [9.17, 15) is 4.79 Å². The van der Waals surface area contributed by atoms with Crippen molar-refractivity contribution in [3.63, 3.8) is 0 Å². The molecule has 5 rings (SSSR count). The topological polar surface area (TPSA) is 50.6 Å². The van der Waals surface area contributed by atoms with Crippen molar-refractivity contribution in [3.05, 3.63) is 65.2 Å². The second-order valence-electron chi connectivity index (χ2n) is 8.90. The van der Waals surface area contributed by atoms with Gasteiger partial charge in [-0.1, -0.05) is 6.07 Å². The summed E-state index contributed by atoms with van der Waals surface area (Å²) in [4.78, 5) is 22.1. The summed E-state index contributed by atoms with van der Waals surface area (Å²) >= 11 is 1.67. The molecule has 0 N–H and O–H groups in total. The zero-order chi connectivity index (χ0) is 23.5. The Hall–Kier alpha value is -3.00. The van der Waals surface area contributed by atoms with Gasteiger partial charge in [0.2, 0.25) is 0 Å². The molecule has 0 radical (unpaired) electrons. The number of carbonyl (C=O) groups is 1. The zero-order valence-corrected chi connectivity index (χ0v) is 20.6. The van der Waals surface area contributed by atoms with Crippen LogP contribution in [-0.2, 0) is 11.3 Å². The summed E-state index contributed by atoms with van der Waals surface area (Å²) in [6, 6.07) is 10.1. The van der Waals surface area contributed by atoms with Crippen LogP contribution in [0.3, 0.4) is 0 Å². The van der Waals surface area contributed by atoms with Crippen LogP contribution < -0.4 is 0 Å². The number of methoxy groups -OCH3 is 1. The maximum atomic E-state index is 12.7. The van der Waals surface area contributed by atoms with E-state index in [-0.39, 0.29) is 5.97 Å². The third-order valence-corrected chi connectivity index (χ3v) is 7.37. The number of benzene rings is 1. The maximum absolute atomic E-state index is 12.7. The fourth-order valence-electron chi connectivity index (χ4n) is 4.75. The lowest BCUT2D eigenvalue weighted by Gasteiger charge is -2.32. The summed E-state index contributed by atoms with van der Waals surface area (Å²) in [7, 11) is 3.62. The fraction of sp³-hybridized carbons (Fsp3) is 0.333. The normalized spacial score (nSPS) is 15.1. The molecule has 0 atom stereocenters. The van der Waals surface area contributed by atoms with Crippen molar-refractivity contribution >= 4 is 28.2 Å². The number of aromatic nitrogens is 2. The maximum Gasteiger partial charge on any atom is 0.338 e. The molecule has 1 aliphatic rings. The van der Waals surface area contributed by atoms with Gasteiger partial charge in [-0.2, -0.15) is 11.3 Å². The molecule has 0 saturated carbocycles. The number of hydrogen-bond donors (Lipinski definition) is 0. The Labute approximate surface area is 204 Å². The fourth-order valence-corrected chi connectivity index (χ4v) is 5.41. The summed E-state index contributed by atoms with van der Waals surface area (Å²) in [5.74, 6) is -0.316. The Morgan fingerprint density at radius 3 is 2.65 bits per heavy atom. The lowest BCUT2D eigenvalue weighted by molar-refractivity contribution is 0.0603. The Kier molecular flexibility index (Phi) is 6.76. The van der Waals surface area contributed by atoms with Gasteiger partial charge in [0.05, 0.1) is 12.7 Å². The van der Waals surface area contributed by atoms with Crippen molar-refractivity contribution in [3.8, 4) is 22.3 Å². The van der Waals surface area contributed by atoms with Gasteiger partial charge in [-0.25, -0.2) is 4.79 Å². The SMILES string of the molecule is COC(=O)c1cccc2c1c(-c1cncc(-c3ccsc3)c1)cn2CCCN1CCN(C)CC1. The highest BCUT2D eigenvalue weighted by molar-refractivity contribution is 7.08. The quantitative estimate of drug-likeness (QED) is 0.358. The standard InChI is InChI=1S/C27H30N4O2S/c1-29-10-12-30(13-11-29)8-4-9-31-18-24(26-23(27(32)33-2)5-3-6-25(26)31)22-15-21(16-28-17-22)20-7-14-34-19-20/h3,5-7,14-19H,4,8-13H2,1-2H3. The number of ether oxygens (including phenoxy) is 1. The first-order valence-electron chi connectivity index (χ1n) is 11.7. The van der Waals surface area contributed by atoms with Gasteiger partial charge >= 0.3 is 5.97 Å². The Bertz CT molecular complexity index is 1270. The molecule has 0 bridgehead atoms. The Morgan fingerprint density at radius 1 is 1.06 bits per heavy atom. The van der Waals surface area contributed by atoms with Gasteiger partial charge in [0, 0.05) is 78.9 Å². The predicted molar refractivity (Wildman–Crippen MR) is 138 cm³/mol. The monoisotopic (exact) mass is 474 g/mol. The number of fused-ring (bicyclic) bond motifs is 1. The highest BCUT2D eigenvalue weighted by atomic mass is 32.1. The molecule has 1 aromatic carbocycles. The highest BCUT2D eigenvalue weighted by Crippen LogP contribution is 2.35. The first-order valence-corrected chi connectivity index (χ1v) is 12.7. The van der Waals surface area contributed by atoms with E-state index in [0.29, 0.717) is 5.56 Å². The van der Waals surface area contributed by atoms with E-state index < -0.39 is 0 Å². The largest absolute Gasteiger partial charge is 0.465 e. The van der Waals surface area contributed by atoms with Gasteiger partial charge < -0.3 is 19.1 Å². The number of aryl methyl sites for hydroxylation is 1. The summed E-state index contributed by atoms with van der Waals surface area (Å²) < 4.78 is 7.41. The van der Waals surface area contributed by atoms with Crippen LogP contribution in [0, 0.1) is 0 Å². The number of pyridine rings is 1. The molecule has 0 amide bonds. The van der Waals surface area contributed by atoms with Gasteiger partial charge in [-0.15, -0.1) is 0 Å². The van der Waals surface area contributed by atoms with Gasteiger partial charge in [-0.3, -0.25) is 4.98 Å². The number of hydrogen-bond acceptors (Lipinski definition) is 6.